The summed E-state index contributed by atoms with van der Waals surface area (Å²) in [4.78, 5) is 27.0. The second-order valence-electron chi connectivity index (χ2n) is 7.45. The van der Waals surface area contributed by atoms with Crippen molar-refractivity contribution in [2.24, 2.45) is 0 Å². The van der Waals surface area contributed by atoms with Gasteiger partial charge in [-0.05, 0) is 55.3 Å². The summed E-state index contributed by atoms with van der Waals surface area (Å²) in [7, 11) is 1.43. The molecule has 4 rings (SSSR count). The molecule has 0 aliphatic carbocycles. The zero-order valence-corrected chi connectivity index (χ0v) is 17.5. The van der Waals surface area contributed by atoms with Crippen molar-refractivity contribution < 1.29 is 32.6 Å². The highest BCUT2D eigenvalue weighted by molar-refractivity contribution is 6.51. The number of carbonyl (C=O) groups is 2. The zero-order valence-electron chi connectivity index (χ0n) is 17.5. The fourth-order valence-corrected chi connectivity index (χ4v) is 4.00. The van der Waals surface area contributed by atoms with Crippen molar-refractivity contribution in [3.05, 3.63) is 88.4 Å². The Kier molecular flexibility index (Phi) is 5.30. The number of methoxy groups -OCH3 is 1. The van der Waals surface area contributed by atoms with Crippen LogP contribution in [0.2, 0.25) is 0 Å². The van der Waals surface area contributed by atoms with Crippen LogP contribution in [0.3, 0.4) is 0 Å². The minimum atomic E-state index is -1.19. The molecule has 1 N–H and O–H groups in total. The van der Waals surface area contributed by atoms with Crippen LogP contribution < -0.4 is 9.64 Å². The number of benzene rings is 2. The number of ether oxygens (including phenoxy) is 1. The van der Waals surface area contributed by atoms with Crippen molar-refractivity contribution in [1.82, 2.24) is 0 Å². The summed E-state index contributed by atoms with van der Waals surface area (Å²) < 4.78 is 38.3. The molecular weight excluding hydrogens is 420 g/mol. The highest BCUT2D eigenvalue weighted by Crippen LogP contribution is 2.44. The molecule has 32 heavy (non-hydrogen) atoms. The summed E-state index contributed by atoms with van der Waals surface area (Å²) in [5.41, 5.74) is 1.44. The van der Waals surface area contributed by atoms with E-state index in [0.717, 1.165) is 28.2 Å². The van der Waals surface area contributed by atoms with Crippen LogP contribution in [-0.4, -0.2) is 23.9 Å². The zero-order chi connectivity index (χ0) is 23.2. The third-order valence-electron chi connectivity index (χ3n) is 5.32. The van der Waals surface area contributed by atoms with Crippen LogP contribution >= 0.6 is 0 Å². The lowest BCUT2D eigenvalue weighted by molar-refractivity contribution is -0.132. The highest BCUT2D eigenvalue weighted by atomic mass is 19.2. The number of aliphatic hydroxyl groups is 1. The lowest BCUT2D eigenvalue weighted by Crippen LogP contribution is -2.29. The molecule has 1 amide bonds. The van der Waals surface area contributed by atoms with Crippen molar-refractivity contribution in [3.63, 3.8) is 0 Å². The smallest absolute Gasteiger partial charge is 0.300 e. The normalized spacial score (nSPS) is 17.8. The number of aliphatic hydroxyl groups excluding tert-OH is 1. The molecule has 1 saturated heterocycles. The van der Waals surface area contributed by atoms with Gasteiger partial charge in [0.25, 0.3) is 11.7 Å². The highest BCUT2D eigenvalue weighted by Gasteiger charge is 2.48. The first-order valence-corrected chi connectivity index (χ1v) is 9.69. The van der Waals surface area contributed by atoms with E-state index in [1.165, 1.54) is 25.5 Å². The molecule has 1 aliphatic rings. The predicted molar refractivity (Wildman–Crippen MR) is 112 cm³/mol. The van der Waals surface area contributed by atoms with Crippen LogP contribution in [0, 0.1) is 25.5 Å². The molecule has 2 heterocycles. The van der Waals surface area contributed by atoms with Crippen LogP contribution in [-0.2, 0) is 9.59 Å². The van der Waals surface area contributed by atoms with Gasteiger partial charge in [-0.1, -0.05) is 6.07 Å². The quantitative estimate of drug-likeness (QED) is 0.359. The molecule has 8 heteroatoms. The van der Waals surface area contributed by atoms with E-state index >= 15 is 0 Å². The van der Waals surface area contributed by atoms with Gasteiger partial charge in [0.15, 0.2) is 11.6 Å². The Hall–Kier alpha value is -3.94. The van der Waals surface area contributed by atoms with Crippen LogP contribution in [0.5, 0.6) is 5.75 Å². The van der Waals surface area contributed by atoms with Crippen LogP contribution in [0.4, 0.5) is 14.5 Å². The van der Waals surface area contributed by atoms with Gasteiger partial charge in [0.2, 0.25) is 0 Å². The average molecular weight is 439 g/mol. The number of carbonyl (C=O) groups excluding carboxylic acids is 2. The molecule has 0 radical (unpaired) electrons. The molecule has 1 aliphatic heterocycles. The fraction of sp³-hybridized carbons (Fsp3) is 0.167. The topological polar surface area (TPSA) is 80.0 Å². The number of hydrogen-bond acceptors (Lipinski definition) is 5. The van der Waals surface area contributed by atoms with E-state index < -0.39 is 35.1 Å². The first-order chi connectivity index (χ1) is 15.2. The van der Waals surface area contributed by atoms with E-state index in [2.05, 4.69) is 0 Å². The van der Waals surface area contributed by atoms with Crippen LogP contribution in [0.1, 0.15) is 28.5 Å². The summed E-state index contributed by atoms with van der Waals surface area (Å²) in [6, 6.07) is 8.21. The van der Waals surface area contributed by atoms with Crippen molar-refractivity contribution in [2.45, 2.75) is 19.9 Å². The Labute approximate surface area is 182 Å². The van der Waals surface area contributed by atoms with Crippen molar-refractivity contribution in [1.29, 1.82) is 0 Å². The Bertz CT molecular complexity index is 1260. The first-order valence-electron chi connectivity index (χ1n) is 9.69. The van der Waals surface area contributed by atoms with Crippen molar-refractivity contribution in [2.75, 3.05) is 12.0 Å². The van der Waals surface area contributed by atoms with Gasteiger partial charge in [0.1, 0.15) is 23.3 Å². The summed E-state index contributed by atoms with van der Waals surface area (Å²) in [6.07, 6.45) is 1.35. The predicted octanol–water partition coefficient (Wildman–Crippen LogP) is 4.81. The average Bonchev–Trinajstić information content (AvgIpc) is 3.36. The molecule has 0 spiro atoms. The molecule has 1 unspecified atom stereocenters. The minimum absolute atomic E-state index is 0.0566. The lowest BCUT2D eigenvalue weighted by atomic mass is 9.96. The molecule has 1 aromatic heterocycles. The minimum Gasteiger partial charge on any atom is -0.507 e. The van der Waals surface area contributed by atoms with E-state index in [1.54, 1.807) is 19.1 Å². The Morgan fingerprint density at radius 3 is 2.47 bits per heavy atom. The first kappa shape index (κ1) is 21.3. The third-order valence-corrected chi connectivity index (χ3v) is 5.32. The molecule has 1 atom stereocenters. The maximum atomic E-state index is 13.9. The number of furan rings is 1. The van der Waals surface area contributed by atoms with E-state index in [1.807, 2.05) is 13.0 Å². The number of amides is 1. The van der Waals surface area contributed by atoms with Crippen LogP contribution in [0.15, 0.2) is 58.7 Å². The van der Waals surface area contributed by atoms with E-state index in [0.29, 0.717) is 5.75 Å². The molecule has 3 aromatic rings. The largest absolute Gasteiger partial charge is 0.507 e. The lowest BCUT2D eigenvalue weighted by Gasteiger charge is -2.23. The number of nitrogens with zero attached hydrogens (tertiary/aromatic N) is 1. The maximum Gasteiger partial charge on any atom is 0.300 e. The fourth-order valence-electron chi connectivity index (χ4n) is 4.00. The number of anilines is 1. The van der Waals surface area contributed by atoms with Gasteiger partial charge in [0.05, 0.1) is 24.5 Å². The molecule has 2 aromatic carbocycles. The number of ketones is 1. The number of rotatable bonds is 4. The van der Waals surface area contributed by atoms with Gasteiger partial charge in [0, 0.05) is 11.8 Å². The van der Waals surface area contributed by atoms with E-state index in [-0.39, 0.29) is 22.6 Å². The number of Topliss-reactive ketones (excluding diaryl/α,β-unsaturated/α-hetero) is 1. The van der Waals surface area contributed by atoms with Gasteiger partial charge in [-0.15, -0.1) is 0 Å². The standard InChI is InChI=1S/C24H19F2NO5/c1-12-9-13(2)23(31-3)15(10-12)21(28)19-20(18-5-4-8-32-18)27(24(30)22(19)29)14-6-7-16(25)17(26)11-14/h4-11,20,28H,1-3H3/b21-19-. The molecule has 0 saturated carbocycles. The monoisotopic (exact) mass is 439 g/mol. The summed E-state index contributed by atoms with van der Waals surface area (Å²) >= 11 is 0. The summed E-state index contributed by atoms with van der Waals surface area (Å²) in [5.74, 6) is -4.24. The van der Waals surface area contributed by atoms with Gasteiger partial charge >= 0.3 is 0 Å². The molecule has 6 nitrogen and oxygen atoms in total. The third kappa shape index (κ3) is 3.33. The molecular formula is C24H19F2NO5. The second-order valence-corrected chi connectivity index (χ2v) is 7.45. The van der Waals surface area contributed by atoms with E-state index in [4.69, 9.17) is 9.15 Å². The Balaban J connectivity index is 1.99. The van der Waals surface area contributed by atoms with Crippen molar-refractivity contribution >= 4 is 23.1 Å². The SMILES string of the molecule is COc1c(C)cc(C)cc1/C(O)=C1/C(=O)C(=O)N(c2ccc(F)c(F)c2)C1c1ccco1. The second kappa shape index (κ2) is 7.96. The van der Waals surface area contributed by atoms with E-state index in [9.17, 15) is 23.5 Å². The van der Waals surface area contributed by atoms with Gasteiger partial charge in [-0.25, -0.2) is 8.78 Å². The Morgan fingerprint density at radius 2 is 1.84 bits per heavy atom. The Morgan fingerprint density at radius 1 is 1.09 bits per heavy atom. The molecule has 0 bridgehead atoms. The number of halogens is 2. The molecule has 164 valence electrons. The number of aryl methyl sites for hydroxylation is 2. The van der Waals surface area contributed by atoms with Crippen LogP contribution in [0.25, 0.3) is 5.76 Å². The van der Waals surface area contributed by atoms with Gasteiger partial charge < -0.3 is 14.3 Å². The maximum absolute atomic E-state index is 13.9. The summed E-state index contributed by atoms with van der Waals surface area (Å²) in [5, 5.41) is 11.2. The summed E-state index contributed by atoms with van der Waals surface area (Å²) in [6.45, 7) is 3.60. The van der Waals surface area contributed by atoms with Gasteiger partial charge in [-0.3, -0.25) is 14.5 Å². The van der Waals surface area contributed by atoms with Gasteiger partial charge in [-0.2, -0.15) is 0 Å². The molecule has 1 fully saturated rings. The number of hydrogen-bond donors (Lipinski definition) is 1. The van der Waals surface area contributed by atoms with Crippen molar-refractivity contribution in [3.8, 4) is 5.75 Å².